The smallest absolute Gasteiger partial charge is 0.328 e. The van der Waals surface area contributed by atoms with Gasteiger partial charge in [0.2, 0.25) is 0 Å². The molecule has 2 aromatic rings. The van der Waals surface area contributed by atoms with E-state index < -0.39 is 11.9 Å². The Kier molecular flexibility index (Phi) is 9.75. The second kappa shape index (κ2) is 12.8. The summed E-state index contributed by atoms with van der Waals surface area (Å²) < 4.78 is 5.82. The predicted octanol–water partition coefficient (Wildman–Crippen LogP) is 4.64. The Morgan fingerprint density at radius 1 is 1.03 bits per heavy atom. The number of rotatable bonds is 8. The van der Waals surface area contributed by atoms with Gasteiger partial charge < -0.3 is 14.9 Å². The molecule has 0 saturated heterocycles. The lowest BCUT2D eigenvalue weighted by molar-refractivity contribution is -0.134. The van der Waals surface area contributed by atoms with E-state index in [0.29, 0.717) is 12.2 Å². The van der Waals surface area contributed by atoms with Crippen LogP contribution in [0.25, 0.3) is 6.08 Å². The number of benzene rings is 2. The van der Waals surface area contributed by atoms with Crippen LogP contribution in [0.2, 0.25) is 0 Å². The van der Waals surface area contributed by atoms with E-state index in [0.717, 1.165) is 43.9 Å². The predicted molar refractivity (Wildman–Crippen MR) is 122 cm³/mol. The van der Waals surface area contributed by atoms with Crippen molar-refractivity contribution in [3.05, 3.63) is 83.4 Å². The Bertz CT molecular complexity index is 945. The number of fused-ring (bicyclic) bond motifs is 1. The van der Waals surface area contributed by atoms with E-state index in [-0.39, 0.29) is 0 Å². The van der Waals surface area contributed by atoms with Crippen LogP contribution in [0.1, 0.15) is 36.5 Å². The Balaban J connectivity index is 0.000000366. The molecule has 2 N–H and O–H groups in total. The second-order valence-corrected chi connectivity index (χ2v) is 6.79. The van der Waals surface area contributed by atoms with Crippen LogP contribution < -0.4 is 4.74 Å². The van der Waals surface area contributed by atoms with Gasteiger partial charge in [0.1, 0.15) is 5.75 Å². The largest absolute Gasteiger partial charge is 0.494 e. The summed E-state index contributed by atoms with van der Waals surface area (Å²) in [6.45, 7) is 3.82. The van der Waals surface area contributed by atoms with Crippen molar-refractivity contribution in [1.29, 1.82) is 0 Å². The number of carboxylic acid groups (broad SMARTS) is 2. The van der Waals surface area contributed by atoms with Gasteiger partial charge in [-0.2, -0.15) is 0 Å². The van der Waals surface area contributed by atoms with E-state index >= 15 is 0 Å². The Labute approximate surface area is 182 Å². The highest BCUT2D eigenvalue weighted by Gasteiger charge is 2.13. The van der Waals surface area contributed by atoms with Crippen LogP contribution in [0, 0.1) is 0 Å². The summed E-state index contributed by atoms with van der Waals surface area (Å²) in [5, 5.41) is 15.6. The van der Waals surface area contributed by atoms with E-state index in [4.69, 9.17) is 14.9 Å². The van der Waals surface area contributed by atoms with Crippen LogP contribution in [-0.2, 0) is 16.0 Å². The van der Waals surface area contributed by atoms with Gasteiger partial charge in [-0.05, 0) is 48.2 Å². The number of ether oxygens (including phenoxy) is 1. The van der Waals surface area contributed by atoms with Crippen molar-refractivity contribution in [3.63, 3.8) is 0 Å². The number of allylic oxidation sites excluding steroid dienone is 1. The Morgan fingerprint density at radius 2 is 1.74 bits per heavy atom. The van der Waals surface area contributed by atoms with Crippen LogP contribution in [0.3, 0.4) is 0 Å². The van der Waals surface area contributed by atoms with E-state index in [1.807, 2.05) is 6.07 Å². The standard InChI is InChI=1S/C21H23NO.C4H4O4/c1-2-3-15-23-19-10-11-20-18(16-19)13-14-22-21(20)12-9-17-7-5-4-6-8-17;5-3(6)1-2-4(7)8/h4-12,16H,2-3,13-15H2,1H3;1-2H,(H,5,6)(H,7,8)/b12-9+;2-1+. The van der Waals surface area contributed by atoms with E-state index in [1.54, 1.807) is 0 Å². The van der Waals surface area contributed by atoms with Gasteiger partial charge in [0, 0.05) is 24.3 Å². The van der Waals surface area contributed by atoms with Crippen LogP contribution in [0.5, 0.6) is 5.75 Å². The third kappa shape index (κ3) is 8.70. The zero-order valence-corrected chi connectivity index (χ0v) is 17.5. The zero-order valence-electron chi connectivity index (χ0n) is 17.5. The molecule has 162 valence electrons. The van der Waals surface area contributed by atoms with Crippen molar-refractivity contribution < 1.29 is 24.5 Å². The van der Waals surface area contributed by atoms with E-state index in [2.05, 4.69) is 66.5 Å². The fourth-order valence-corrected chi connectivity index (χ4v) is 2.86. The van der Waals surface area contributed by atoms with Crippen LogP contribution in [0.15, 0.2) is 71.8 Å². The Morgan fingerprint density at radius 3 is 2.39 bits per heavy atom. The minimum absolute atomic E-state index is 0.558. The number of unbranched alkanes of at least 4 members (excludes halogenated alkanes) is 1. The molecular formula is C25H27NO5. The molecule has 0 aliphatic carbocycles. The normalized spacial score (nSPS) is 12.6. The van der Waals surface area contributed by atoms with E-state index in [9.17, 15) is 9.59 Å². The molecule has 1 aliphatic heterocycles. The zero-order chi connectivity index (χ0) is 22.5. The first-order chi connectivity index (χ1) is 15.0. The summed E-state index contributed by atoms with van der Waals surface area (Å²) in [7, 11) is 0. The van der Waals surface area contributed by atoms with Crippen LogP contribution >= 0.6 is 0 Å². The summed E-state index contributed by atoms with van der Waals surface area (Å²) >= 11 is 0. The van der Waals surface area contributed by atoms with Crippen molar-refractivity contribution >= 4 is 23.7 Å². The molecule has 0 fully saturated rings. The lowest BCUT2D eigenvalue weighted by Gasteiger charge is -2.16. The van der Waals surface area contributed by atoms with Crippen LogP contribution in [-0.4, -0.2) is 41.0 Å². The van der Waals surface area contributed by atoms with Gasteiger partial charge in [-0.3, -0.25) is 4.99 Å². The van der Waals surface area contributed by atoms with Crippen molar-refractivity contribution in [2.45, 2.75) is 26.2 Å². The van der Waals surface area contributed by atoms with Gasteiger partial charge in [-0.1, -0.05) is 49.8 Å². The number of nitrogens with zero attached hydrogens (tertiary/aromatic N) is 1. The molecule has 0 aromatic heterocycles. The number of hydrogen-bond donors (Lipinski definition) is 2. The highest BCUT2D eigenvalue weighted by atomic mass is 16.5. The van der Waals surface area contributed by atoms with Crippen molar-refractivity contribution in [3.8, 4) is 5.75 Å². The quantitative estimate of drug-likeness (QED) is 0.478. The molecule has 31 heavy (non-hydrogen) atoms. The van der Waals surface area contributed by atoms with Gasteiger partial charge in [0.25, 0.3) is 0 Å². The molecule has 0 spiro atoms. The highest BCUT2D eigenvalue weighted by Crippen LogP contribution is 2.23. The lowest BCUT2D eigenvalue weighted by Crippen LogP contribution is -2.11. The summed E-state index contributed by atoms with van der Waals surface area (Å²) in [6.07, 6.45) is 8.60. The first-order valence-electron chi connectivity index (χ1n) is 10.2. The number of aliphatic imine (C=N–C) groups is 1. The van der Waals surface area contributed by atoms with Crippen molar-refractivity contribution in [2.75, 3.05) is 13.2 Å². The average Bonchev–Trinajstić information content (AvgIpc) is 2.77. The molecule has 0 bridgehead atoms. The maximum absolute atomic E-state index is 9.55. The molecule has 0 radical (unpaired) electrons. The first kappa shape index (κ1) is 23.6. The average molecular weight is 421 g/mol. The molecule has 1 heterocycles. The molecule has 0 unspecified atom stereocenters. The first-order valence-corrected chi connectivity index (χ1v) is 10.2. The van der Waals surface area contributed by atoms with Gasteiger partial charge in [0.05, 0.1) is 12.3 Å². The number of carbonyl (C=O) groups is 2. The SMILES string of the molecule is CCCCOc1ccc2c(c1)CCN=C2/C=C/c1ccccc1.O=C(O)/C=C/C(=O)O. The molecule has 2 aromatic carbocycles. The second-order valence-electron chi connectivity index (χ2n) is 6.79. The number of carboxylic acids is 2. The molecule has 1 aliphatic rings. The monoisotopic (exact) mass is 421 g/mol. The van der Waals surface area contributed by atoms with Gasteiger partial charge in [-0.25, -0.2) is 9.59 Å². The molecule has 6 nitrogen and oxygen atoms in total. The van der Waals surface area contributed by atoms with Gasteiger partial charge in [-0.15, -0.1) is 0 Å². The number of aliphatic carboxylic acids is 2. The Hall–Kier alpha value is -3.67. The van der Waals surface area contributed by atoms with Crippen molar-refractivity contribution in [1.82, 2.24) is 0 Å². The molecular weight excluding hydrogens is 394 g/mol. The topological polar surface area (TPSA) is 96.2 Å². The fraction of sp³-hybridized carbons (Fsp3) is 0.240. The minimum atomic E-state index is -1.26. The summed E-state index contributed by atoms with van der Waals surface area (Å²) in [4.78, 5) is 23.8. The van der Waals surface area contributed by atoms with Crippen molar-refractivity contribution in [2.24, 2.45) is 4.99 Å². The summed E-state index contributed by atoms with van der Waals surface area (Å²) in [6, 6.07) is 16.7. The summed E-state index contributed by atoms with van der Waals surface area (Å²) in [5.41, 5.74) is 4.82. The molecule has 0 saturated carbocycles. The maximum Gasteiger partial charge on any atom is 0.328 e. The molecule has 6 heteroatoms. The fourth-order valence-electron chi connectivity index (χ4n) is 2.86. The van der Waals surface area contributed by atoms with Crippen LogP contribution in [0.4, 0.5) is 0 Å². The van der Waals surface area contributed by atoms with Gasteiger partial charge in [0.15, 0.2) is 0 Å². The molecule has 0 atom stereocenters. The minimum Gasteiger partial charge on any atom is -0.494 e. The number of hydrogen-bond acceptors (Lipinski definition) is 4. The molecule has 3 rings (SSSR count). The summed E-state index contributed by atoms with van der Waals surface area (Å²) in [5.74, 6) is -1.54. The highest BCUT2D eigenvalue weighted by molar-refractivity contribution is 6.12. The lowest BCUT2D eigenvalue weighted by atomic mass is 9.96. The molecule has 0 amide bonds. The van der Waals surface area contributed by atoms with E-state index in [1.165, 1.54) is 16.7 Å². The maximum atomic E-state index is 9.55. The van der Waals surface area contributed by atoms with Gasteiger partial charge >= 0.3 is 11.9 Å². The third-order valence-electron chi connectivity index (χ3n) is 4.38. The third-order valence-corrected chi connectivity index (χ3v) is 4.38.